The second-order valence-corrected chi connectivity index (χ2v) is 6.98. The Balaban J connectivity index is 1.90. The second kappa shape index (κ2) is 8.08. The summed E-state index contributed by atoms with van der Waals surface area (Å²) in [5.41, 5.74) is 1.20. The van der Waals surface area contributed by atoms with E-state index in [1.807, 2.05) is 0 Å². The van der Waals surface area contributed by atoms with Gasteiger partial charge in [-0.1, -0.05) is 25.2 Å². The van der Waals surface area contributed by atoms with Gasteiger partial charge in [0.25, 0.3) is 0 Å². The number of aliphatic carboxylic acids is 1. The summed E-state index contributed by atoms with van der Waals surface area (Å²) in [6, 6.07) is 0. The zero-order chi connectivity index (χ0) is 17.0. The minimum absolute atomic E-state index is 0.0825. The van der Waals surface area contributed by atoms with Gasteiger partial charge in [0.2, 0.25) is 0 Å². The topological polar surface area (TPSA) is 98.0 Å². The quantitative estimate of drug-likeness (QED) is 0.573. The molecule has 2 aliphatic rings. The zero-order valence-electron chi connectivity index (χ0n) is 13.6. The van der Waals surface area contributed by atoms with Crippen molar-refractivity contribution in [2.45, 2.75) is 63.8 Å². The van der Waals surface area contributed by atoms with Gasteiger partial charge in [-0.05, 0) is 49.5 Å². The first-order chi connectivity index (χ1) is 10.9. The Morgan fingerprint density at radius 1 is 1.35 bits per heavy atom. The van der Waals surface area contributed by atoms with Gasteiger partial charge in [0, 0.05) is 5.92 Å². The van der Waals surface area contributed by atoms with Gasteiger partial charge in [0.15, 0.2) is 0 Å². The zero-order valence-corrected chi connectivity index (χ0v) is 13.6. The van der Waals surface area contributed by atoms with Gasteiger partial charge < -0.3 is 20.4 Å². The Kier molecular flexibility index (Phi) is 6.39. The Morgan fingerprint density at radius 3 is 2.78 bits per heavy atom. The maximum absolute atomic E-state index is 10.5. The molecule has 2 rings (SSSR count). The number of hydrogen-bond acceptors (Lipinski definition) is 4. The number of carboxylic acids is 1. The number of carbonyl (C=O) groups is 1. The van der Waals surface area contributed by atoms with Crippen LogP contribution in [-0.4, -0.2) is 44.7 Å². The molecule has 5 heteroatoms. The summed E-state index contributed by atoms with van der Waals surface area (Å²) >= 11 is 0. The van der Waals surface area contributed by atoms with E-state index in [1.54, 1.807) is 0 Å². The first-order valence-corrected chi connectivity index (χ1v) is 8.52. The van der Waals surface area contributed by atoms with Crippen molar-refractivity contribution in [3.05, 3.63) is 23.8 Å². The molecular weight excluding hydrogens is 296 g/mol. The summed E-state index contributed by atoms with van der Waals surface area (Å²) in [7, 11) is 0. The van der Waals surface area contributed by atoms with Crippen LogP contribution < -0.4 is 0 Å². The average molecular weight is 324 g/mol. The highest BCUT2D eigenvalue weighted by atomic mass is 16.4. The maximum atomic E-state index is 10.5. The van der Waals surface area contributed by atoms with Crippen LogP contribution >= 0.6 is 0 Å². The molecule has 0 heterocycles. The molecule has 0 radical (unpaired) electrons. The lowest BCUT2D eigenvalue weighted by molar-refractivity contribution is -0.139. The van der Waals surface area contributed by atoms with Crippen LogP contribution in [0, 0.1) is 17.8 Å². The first kappa shape index (κ1) is 18.2. The number of rotatable bonds is 7. The molecule has 6 atom stereocenters. The van der Waals surface area contributed by atoms with Crippen molar-refractivity contribution in [2.24, 2.45) is 17.8 Å². The van der Waals surface area contributed by atoms with Crippen molar-refractivity contribution < 1.29 is 25.2 Å². The number of aliphatic hydroxyl groups is 3. The lowest BCUT2D eigenvalue weighted by Crippen LogP contribution is -2.37. The summed E-state index contributed by atoms with van der Waals surface area (Å²) in [5.74, 6) is -0.329. The Labute approximate surface area is 137 Å². The predicted octanol–water partition coefficient (Wildman–Crippen LogP) is 1.87. The molecule has 0 aliphatic heterocycles. The minimum atomic E-state index is -1.06. The molecule has 0 amide bonds. The second-order valence-electron chi connectivity index (χ2n) is 6.98. The van der Waals surface area contributed by atoms with Crippen molar-refractivity contribution >= 4 is 5.97 Å². The van der Waals surface area contributed by atoms with Crippen LogP contribution in [-0.2, 0) is 4.79 Å². The fourth-order valence-corrected chi connectivity index (χ4v) is 3.95. The Hall–Kier alpha value is -1.17. The smallest absolute Gasteiger partial charge is 0.305 e. The number of carboxylic acid groups (broad SMARTS) is 1. The van der Waals surface area contributed by atoms with E-state index in [0.29, 0.717) is 12.3 Å². The molecule has 4 N–H and O–H groups in total. The molecule has 5 nitrogen and oxygen atoms in total. The lowest BCUT2D eigenvalue weighted by Gasteiger charge is -2.40. The van der Waals surface area contributed by atoms with E-state index >= 15 is 0 Å². The SMILES string of the molecule is C[C@H]1C=CC2=CCC[C@@H](O)[C@@H]2[C@@H]1CC[C@@H](O)C[C@@H](O)CC(=O)O. The summed E-state index contributed by atoms with van der Waals surface area (Å²) in [5, 5.41) is 38.7. The van der Waals surface area contributed by atoms with Gasteiger partial charge in [0.1, 0.15) is 0 Å². The molecule has 2 aliphatic carbocycles. The van der Waals surface area contributed by atoms with Crippen LogP contribution in [0.3, 0.4) is 0 Å². The molecule has 0 bridgehead atoms. The maximum Gasteiger partial charge on any atom is 0.305 e. The van der Waals surface area contributed by atoms with Crippen molar-refractivity contribution in [1.82, 2.24) is 0 Å². The van der Waals surface area contributed by atoms with E-state index in [1.165, 1.54) is 5.57 Å². The monoisotopic (exact) mass is 324 g/mol. The van der Waals surface area contributed by atoms with Crippen molar-refractivity contribution in [3.8, 4) is 0 Å². The molecule has 0 spiro atoms. The van der Waals surface area contributed by atoms with Gasteiger partial charge in [-0.25, -0.2) is 0 Å². The fraction of sp³-hybridized carbons (Fsp3) is 0.722. The number of aliphatic hydroxyl groups excluding tert-OH is 3. The molecule has 0 aromatic heterocycles. The number of allylic oxidation sites excluding steroid dienone is 3. The van der Waals surface area contributed by atoms with Gasteiger partial charge in [-0.3, -0.25) is 4.79 Å². The Morgan fingerprint density at radius 2 is 2.09 bits per heavy atom. The molecule has 0 saturated heterocycles. The van der Waals surface area contributed by atoms with Crippen LogP contribution in [0.15, 0.2) is 23.8 Å². The van der Waals surface area contributed by atoms with E-state index < -0.39 is 18.2 Å². The fourth-order valence-electron chi connectivity index (χ4n) is 3.95. The third kappa shape index (κ3) is 4.90. The highest BCUT2D eigenvalue weighted by Gasteiger charge is 2.37. The largest absolute Gasteiger partial charge is 0.481 e. The molecule has 0 saturated carbocycles. The first-order valence-electron chi connectivity index (χ1n) is 8.52. The van der Waals surface area contributed by atoms with Crippen molar-refractivity contribution in [2.75, 3.05) is 0 Å². The Bertz CT molecular complexity index is 470. The highest BCUT2D eigenvalue weighted by Crippen LogP contribution is 2.42. The van der Waals surface area contributed by atoms with Gasteiger partial charge in [-0.2, -0.15) is 0 Å². The van der Waals surface area contributed by atoms with E-state index in [-0.39, 0.29) is 30.8 Å². The minimum Gasteiger partial charge on any atom is -0.481 e. The summed E-state index contributed by atoms with van der Waals surface area (Å²) < 4.78 is 0. The lowest BCUT2D eigenvalue weighted by atomic mass is 9.66. The van der Waals surface area contributed by atoms with Crippen LogP contribution in [0.5, 0.6) is 0 Å². The average Bonchev–Trinajstić information content (AvgIpc) is 2.45. The summed E-state index contributed by atoms with van der Waals surface area (Å²) in [6.45, 7) is 2.13. The van der Waals surface area contributed by atoms with Gasteiger partial charge in [0.05, 0.1) is 24.7 Å². The summed E-state index contributed by atoms with van der Waals surface area (Å²) in [6.07, 6.45) is 7.11. The molecule has 0 unspecified atom stereocenters. The van der Waals surface area contributed by atoms with Crippen LogP contribution in [0.2, 0.25) is 0 Å². The molecular formula is C18H28O5. The van der Waals surface area contributed by atoms with Crippen molar-refractivity contribution in [3.63, 3.8) is 0 Å². The molecule has 130 valence electrons. The highest BCUT2D eigenvalue weighted by molar-refractivity contribution is 5.67. The van der Waals surface area contributed by atoms with E-state index in [4.69, 9.17) is 5.11 Å². The third-order valence-electron chi connectivity index (χ3n) is 5.16. The third-order valence-corrected chi connectivity index (χ3v) is 5.16. The van der Waals surface area contributed by atoms with Crippen LogP contribution in [0.25, 0.3) is 0 Å². The van der Waals surface area contributed by atoms with Gasteiger partial charge >= 0.3 is 5.97 Å². The predicted molar refractivity (Wildman–Crippen MR) is 86.7 cm³/mol. The molecule has 23 heavy (non-hydrogen) atoms. The van der Waals surface area contributed by atoms with Crippen molar-refractivity contribution in [1.29, 1.82) is 0 Å². The molecule has 0 aromatic rings. The summed E-state index contributed by atoms with van der Waals surface area (Å²) in [4.78, 5) is 10.5. The molecule has 0 fully saturated rings. The van der Waals surface area contributed by atoms with E-state index in [9.17, 15) is 20.1 Å². The van der Waals surface area contributed by atoms with Crippen LogP contribution in [0.4, 0.5) is 0 Å². The van der Waals surface area contributed by atoms with E-state index in [0.717, 1.165) is 19.3 Å². The number of hydrogen-bond donors (Lipinski definition) is 4. The molecule has 0 aromatic carbocycles. The normalized spacial score (nSPS) is 32.8. The number of fused-ring (bicyclic) bond motifs is 1. The van der Waals surface area contributed by atoms with Crippen LogP contribution in [0.1, 0.15) is 45.4 Å². The van der Waals surface area contributed by atoms with E-state index in [2.05, 4.69) is 25.2 Å². The standard InChI is InChI=1S/C18H28O5/c1-11-5-6-12-3-2-4-16(21)18(12)15(11)8-7-13(19)9-14(20)10-17(22)23/h3,5-6,11,13-16,18-21H,2,4,7-10H2,1H3,(H,22,23)/t11-,13+,14+,15+,16+,18-/m0/s1. The van der Waals surface area contributed by atoms with Gasteiger partial charge in [-0.15, -0.1) is 0 Å².